The van der Waals surface area contributed by atoms with E-state index in [9.17, 15) is 9.59 Å². The molecule has 0 aromatic carbocycles. The van der Waals surface area contributed by atoms with Crippen LogP contribution in [0, 0.1) is 0 Å². The monoisotopic (exact) mass is 276 g/mol. The maximum atomic E-state index is 11.6. The summed E-state index contributed by atoms with van der Waals surface area (Å²) in [6.07, 6.45) is -0.310. The van der Waals surface area contributed by atoms with Crippen LogP contribution in [0.25, 0.3) is 0 Å². The van der Waals surface area contributed by atoms with Gasteiger partial charge >= 0.3 is 5.97 Å². The standard InChI is InChI=1S/C12H22O5.Al.3H/c1-5-8(3)16-7-10(13)11(12(14)15)17-9(4)6-2;;;;/h8-9,11H,5-7H2,1-4H3,(H,14,15);;;;. The molecule has 6 heteroatoms. The molecule has 0 bridgehead atoms. The van der Waals surface area contributed by atoms with Crippen molar-refractivity contribution in [2.75, 3.05) is 6.61 Å². The minimum Gasteiger partial charge on any atom is -0.479 e. The summed E-state index contributed by atoms with van der Waals surface area (Å²) in [5, 5.41) is 8.91. The van der Waals surface area contributed by atoms with Crippen LogP contribution in [0.5, 0.6) is 0 Å². The zero-order valence-corrected chi connectivity index (χ0v) is 10.9. The molecule has 3 unspecified atom stereocenters. The summed E-state index contributed by atoms with van der Waals surface area (Å²) in [6, 6.07) is 0. The predicted molar refractivity (Wildman–Crippen MR) is 72.9 cm³/mol. The third-order valence-corrected chi connectivity index (χ3v) is 2.55. The molecule has 1 N–H and O–H groups in total. The number of rotatable bonds is 9. The van der Waals surface area contributed by atoms with Gasteiger partial charge in [-0.15, -0.1) is 0 Å². The number of hydrogen-bond donors (Lipinski definition) is 1. The predicted octanol–water partition coefficient (Wildman–Crippen LogP) is 0.455. The fourth-order valence-electron chi connectivity index (χ4n) is 1.02. The van der Waals surface area contributed by atoms with Gasteiger partial charge in [0, 0.05) is 0 Å². The van der Waals surface area contributed by atoms with E-state index in [-0.39, 0.29) is 36.2 Å². The average Bonchev–Trinajstić information content (AvgIpc) is 2.31. The first kappa shape index (κ1) is 19.9. The second-order valence-corrected chi connectivity index (χ2v) is 4.07. The molecular weight excluding hydrogens is 251 g/mol. The van der Waals surface area contributed by atoms with Gasteiger partial charge in [-0.3, -0.25) is 4.79 Å². The lowest BCUT2D eigenvalue weighted by Crippen LogP contribution is -2.38. The first-order valence-electron chi connectivity index (χ1n) is 5.94. The van der Waals surface area contributed by atoms with Crippen molar-refractivity contribution in [2.24, 2.45) is 0 Å². The van der Waals surface area contributed by atoms with Crippen LogP contribution in [0.3, 0.4) is 0 Å². The molecule has 0 saturated carbocycles. The summed E-state index contributed by atoms with van der Waals surface area (Å²) in [4.78, 5) is 22.5. The molecule has 0 spiro atoms. The number of carboxylic acids is 1. The molecule has 3 atom stereocenters. The molecule has 0 fully saturated rings. The molecule has 0 amide bonds. The van der Waals surface area contributed by atoms with Crippen molar-refractivity contribution >= 4 is 29.1 Å². The van der Waals surface area contributed by atoms with Crippen molar-refractivity contribution in [1.29, 1.82) is 0 Å². The van der Waals surface area contributed by atoms with E-state index >= 15 is 0 Å². The summed E-state index contributed by atoms with van der Waals surface area (Å²) in [5.41, 5.74) is 0. The van der Waals surface area contributed by atoms with Crippen LogP contribution in [0.15, 0.2) is 0 Å². The molecule has 5 nitrogen and oxygen atoms in total. The van der Waals surface area contributed by atoms with Crippen LogP contribution in [0.4, 0.5) is 0 Å². The SMILES string of the molecule is CCC(C)OCC(=O)C(OC(C)CC)C(=O)O.[AlH3]. The van der Waals surface area contributed by atoms with Crippen LogP contribution in [-0.4, -0.2) is 59.1 Å². The van der Waals surface area contributed by atoms with Crippen molar-refractivity contribution in [1.82, 2.24) is 0 Å². The van der Waals surface area contributed by atoms with Crippen LogP contribution < -0.4 is 0 Å². The fraction of sp³-hybridized carbons (Fsp3) is 0.833. The number of ether oxygens (including phenoxy) is 2. The highest BCUT2D eigenvalue weighted by molar-refractivity contribution is 6.01. The lowest BCUT2D eigenvalue weighted by molar-refractivity contribution is -0.162. The molecule has 18 heavy (non-hydrogen) atoms. The van der Waals surface area contributed by atoms with Crippen molar-refractivity contribution in [3.05, 3.63) is 0 Å². The minimum absolute atomic E-state index is 0. The molecule has 0 saturated heterocycles. The van der Waals surface area contributed by atoms with E-state index in [0.717, 1.165) is 6.42 Å². The minimum atomic E-state index is -1.42. The van der Waals surface area contributed by atoms with E-state index in [0.29, 0.717) is 6.42 Å². The normalized spacial score (nSPS) is 15.3. The molecular formula is C12H25AlO5. The van der Waals surface area contributed by atoms with Gasteiger partial charge in [0.2, 0.25) is 6.10 Å². The van der Waals surface area contributed by atoms with Gasteiger partial charge in [0.05, 0.1) is 12.2 Å². The van der Waals surface area contributed by atoms with Crippen molar-refractivity contribution in [3.63, 3.8) is 0 Å². The largest absolute Gasteiger partial charge is 0.479 e. The maximum Gasteiger partial charge on any atom is 0.340 e. The van der Waals surface area contributed by atoms with Gasteiger partial charge in [-0.05, 0) is 26.7 Å². The highest BCUT2D eigenvalue weighted by Crippen LogP contribution is 2.05. The summed E-state index contributed by atoms with van der Waals surface area (Å²) < 4.78 is 10.4. The Labute approximate surface area is 119 Å². The number of carbonyl (C=O) groups excluding carboxylic acids is 1. The molecule has 0 aromatic rings. The second-order valence-electron chi connectivity index (χ2n) is 4.07. The van der Waals surface area contributed by atoms with Gasteiger partial charge in [0.15, 0.2) is 23.1 Å². The van der Waals surface area contributed by atoms with Gasteiger partial charge in [0.25, 0.3) is 0 Å². The lowest BCUT2D eigenvalue weighted by atomic mass is 10.2. The van der Waals surface area contributed by atoms with Gasteiger partial charge < -0.3 is 14.6 Å². The van der Waals surface area contributed by atoms with Crippen LogP contribution in [0.2, 0.25) is 0 Å². The average molecular weight is 276 g/mol. The Kier molecular flexibility index (Phi) is 11.6. The number of Topliss-reactive ketones (excluding diaryl/α,β-unsaturated/α-hetero) is 1. The summed E-state index contributed by atoms with van der Waals surface area (Å²) in [6.45, 7) is 7.14. The number of aliphatic carboxylic acids is 1. The van der Waals surface area contributed by atoms with Crippen LogP contribution >= 0.6 is 0 Å². The Hall–Kier alpha value is -0.408. The lowest BCUT2D eigenvalue weighted by Gasteiger charge is -2.18. The first-order chi connectivity index (χ1) is 7.92. The number of ketones is 1. The van der Waals surface area contributed by atoms with Crippen LogP contribution in [0.1, 0.15) is 40.5 Å². The fourth-order valence-corrected chi connectivity index (χ4v) is 1.02. The van der Waals surface area contributed by atoms with Gasteiger partial charge in [-0.25, -0.2) is 4.79 Å². The molecule has 0 heterocycles. The van der Waals surface area contributed by atoms with Gasteiger partial charge in [-0.1, -0.05) is 13.8 Å². The zero-order valence-electron chi connectivity index (χ0n) is 10.9. The third-order valence-electron chi connectivity index (χ3n) is 2.55. The molecule has 0 aromatic heterocycles. The topological polar surface area (TPSA) is 72.8 Å². The Morgan fingerprint density at radius 2 is 1.61 bits per heavy atom. The summed E-state index contributed by atoms with van der Waals surface area (Å²) >= 11 is 0. The van der Waals surface area contributed by atoms with E-state index < -0.39 is 17.9 Å². The summed E-state index contributed by atoms with van der Waals surface area (Å²) in [5.74, 6) is -1.80. The molecule has 106 valence electrons. The van der Waals surface area contributed by atoms with E-state index in [2.05, 4.69) is 0 Å². The van der Waals surface area contributed by atoms with E-state index in [1.54, 1.807) is 6.92 Å². The molecule has 0 aliphatic heterocycles. The van der Waals surface area contributed by atoms with E-state index in [1.807, 2.05) is 20.8 Å². The molecule has 0 aliphatic rings. The van der Waals surface area contributed by atoms with Crippen molar-refractivity contribution < 1.29 is 24.2 Å². The molecule has 0 aliphatic carbocycles. The van der Waals surface area contributed by atoms with E-state index in [1.165, 1.54) is 0 Å². The van der Waals surface area contributed by atoms with Crippen molar-refractivity contribution in [2.45, 2.75) is 58.8 Å². The second kappa shape index (κ2) is 10.5. The Morgan fingerprint density at radius 3 is 2.00 bits per heavy atom. The molecule has 0 radical (unpaired) electrons. The van der Waals surface area contributed by atoms with Crippen LogP contribution in [-0.2, 0) is 19.1 Å². The third kappa shape index (κ3) is 7.83. The van der Waals surface area contributed by atoms with Gasteiger partial charge in [0.1, 0.15) is 6.61 Å². The highest BCUT2D eigenvalue weighted by Gasteiger charge is 2.28. The molecule has 0 rings (SSSR count). The quantitative estimate of drug-likeness (QED) is 0.489. The highest BCUT2D eigenvalue weighted by atomic mass is 27.0. The van der Waals surface area contributed by atoms with E-state index in [4.69, 9.17) is 14.6 Å². The first-order valence-corrected chi connectivity index (χ1v) is 5.94. The number of carboxylic acid groups (broad SMARTS) is 1. The van der Waals surface area contributed by atoms with Gasteiger partial charge in [-0.2, -0.15) is 0 Å². The Balaban J connectivity index is 0. The Bertz CT molecular complexity index is 257. The number of carbonyl (C=O) groups is 2. The zero-order chi connectivity index (χ0) is 13.4. The Morgan fingerprint density at radius 1 is 1.11 bits per heavy atom. The summed E-state index contributed by atoms with van der Waals surface area (Å²) in [7, 11) is 0. The van der Waals surface area contributed by atoms with Crippen molar-refractivity contribution in [3.8, 4) is 0 Å². The maximum absolute atomic E-state index is 11.6. The number of hydrogen-bond acceptors (Lipinski definition) is 4. The smallest absolute Gasteiger partial charge is 0.340 e.